The predicted molar refractivity (Wildman–Crippen MR) is 153 cm³/mol. The highest BCUT2D eigenvalue weighted by Gasteiger charge is 2.43. The molecule has 11 heteroatoms. The zero-order valence-corrected chi connectivity index (χ0v) is 24.3. The van der Waals surface area contributed by atoms with Gasteiger partial charge in [0.1, 0.15) is 11.6 Å². The maximum absolute atomic E-state index is 14.9. The molecule has 2 aliphatic heterocycles. The topological polar surface area (TPSA) is 111 Å². The molecule has 1 aromatic heterocycles. The summed E-state index contributed by atoms with van der Waals surface area (Å²) in [7, 11) is 5.04. The lowest BCUT2D eigenvalue weighted by Gasteiger charge is -2.40. The number of hydrogen-bond donors (Lipinski definition) is 4. The number of pyridine rings is 1. The summed E-state index contributed by atoms with van der Waals surface area (Å²) in [5, 5.41) is 4.91. The number of methoxy groups -OCH3 is 1. The third-order valence-electron chi connectivity index (χ3n) is 8.73. The molecule has 3 heterocycles. The Morgan fingerprint density at radius 1 is 1.15 bits per heavy atom. The van der Waals surface area contributed by atoms with Crippen molar-refractivity contribution in [2.45, 2.75) is 69.7 Å². The Kier molecular flexibility index (Phi) is 9.18. The Hall–Kier alpha value is -3.12. The SMILES string of the molecule is COc1cccc(F)c1CN1C[C@H](NC(=O)C2CCC3NNC(c4ccnc(C)c4)C3C2)CC[C@H]1C(=O)NN(C)C. The largest absolute Gasteiger partial charge is 0.496 e. The number of carbonyl (C=O) groups is 2. The first kappa shape index (κ1) is 29.4. The maximum Gasteiger partial charge on any atom is 0.251 e. The Bertz CT molecular complexity index is 1240. The highest BCUT2D eigenvalue weighted by Crippen LogP contribution is 2.40. The summed E-state index contributed by atoms with van der Waals surface area (Å²) in [5.41, 5.74) is 12.3. The van der Waals surface area contributed by atoms with Gasteiger partial charge in [-0.15, -0.1) is 0 Å². The summed E-state index contributed by atoms with van der Waals surface area (Å²) >= 11 is 0. The molecule has 5 rings (SSSR count). The number of carbonyl (C=O) groups excluding carboxylic acids is 2. The molecular weight excluding hydrogens is 525 g/mol. The van der Waals surface area contributed by atoms with Gasteiger partial charge in [-0.25, -0.2) is 14.8 Å². The van der Waals surface area contributed by atoms with Crippen LogP contribution < -0.4 is 26.3 Å². The standard InChI is InChI=1S/C30H42FN7O3/c1-18-14-19(12-13-32-18)28-22-15-20(8-10-25(22)34-35-28)29(39)33-21-9-11-26(30(40)36-37(2)3)38(16-21)17-23-24(31)6-5-7-27(23)41-4/h5-7,12-14,20-22,25-26,28,34-35H,8-11,15-17H2,1-4H3,(H,33,39)(H,36,40)/t20?,21-,22?,25?,26+,28?/m1/s1. The third kappa shape index (κ3) is 6.69. The summed E-state index contributed by atoms with van der Waals surface area (Å²) < 4.78 is 20.3. The summed E-state index contributed by atoms with van der Waals surface area (Å²) in [5.74, 6) is 0.195. The van der Waals surface area contributed by atoms with Gasteiger partial charge in [0.05, 0.1) is 19.2 Å². The summed E-state index contributed by atoms with van der Waals surface area (Å²) in [4.78, 5) is 32.9. The van der Waals surface area contributed by atoms with E-state index < -0.39 is 6.04 Å². The highest BCUT2D eigenvalue weighted by molar-refractivity contribution is 5.82. The number of nitrogens with zero attached hydrogens (tertiary/aromatic N) is 3. The highest BCUT2D eigenvalue weighted by atomic mass is 19.1. The lowest BCUT2D eigenvalue weighted by Crippen LogP contribution is -2.58. The Labute approximate surface area is 241 Å². The number of halogens is 1. The van der Waals surface area contributed by atoms with Crippen LogP contribution in [0.5, 0.6) is 5.75 Å². The van der Waals surface area contributed by atoms with Crippen LogP contribution in [0.15, 0.2) is 36.5 Å². The van der Waals surface area contributed by atoms with Crippen molar-refractivity contribution in [2.24, 2.45) is 11.8 Å². The third-order valence-corrected chi connectivity index (χ3v) is 8.73. The van der Waals surface area contributed by atoms with Gasteiger partial charge in [-0.05, 0) is 74.8 Å². The van der Waals surface area contributed by atoms with E-state index in [0.717, 1.165) is 25.0 Å². The van der Waals surface area contributed by atoms with Crippen LogP contribution in [0.1, 0.15) is 55.0 Å². The van der Waals surface area contributed by atoms with Crippen LogP contribution in [0.25, 0.3) is 0 Å². The van der Waals surface area contributed by atoms with Gasteiger partial charge in [0.2, 0.25) is 5.91 Å². The van der Waals surface area contributed by atoms with Gasteiger partial charge in [0.25, 0.3) is 5.91 Å². The number of nitrogens with one attached hydrogen (secondary N) is 4. The lowest BCUT2D eigenvalue weighted by molar-refractivity contribution is -0.132. The number of ether oxygens (including phenoxy) is 1. The van der Waals surface area contributed by atoms with Crippen molar-refractivity contribution in [3.05, 3.63) is 59.2 Å². The molecule has 41 heavy (non-hydrogen) atoms. The normalized spacial score (nSPS) is 28.2. The first-order valence-corrected chi connectivity index (χ1v) is 14.5. The van der Waals surface area contributed by atoms with Crippen molar-refractivity contribution in [2.75, 3.05) is 27.7 Å². The van der Waals surface area contributed by atoms with Gasteiger partial charge in [-0.1, -0.05) is 6.07 Å². The predicted octanol–water partition coefficient (Wildman–Crippen LogP) is 2.21. The van der Waals surface area contributed by atoms with Gasteiger partial charge in [-0.2, -0.15) is 0 Å². The van der Waals surface area contributed by atoms with E-state index >= 15 is 0 Å². The van der Waals surface area contributed by atoms with Crippen LogP contribution in [0.3, 0.4) is 0 Å². The first-order valence-electron chi connectivity index (χ1n) is 14.5. The first-order chi connectivity index (χ1) is 19.7. The number of likely N-dealkylation sites (tertiary alicyclic amines) is 1. The smallest absolute Gasteiger partial charge is 0.251 e. The minimum atomic E-state index is -0.453. The van der Waals surface area contributed by atoms with E-state index in [9.17, 15) is 14.0 Å². The van der Waals surface area contributed by atoms with Crippen molar-refractivity contribution in [1.82, 2.24) is 36.5 Å². The zero-order valence-electron chi connectivity index (χ0n) is 24.3. The lowest BCUT2D eigenvalue weighted by atomic mass is 9.74. The van der Waals surface area contributed by atoms with Crippen LogP contribution in [0.2, 0.25) is 0 Å². The zero-order chi connectivity index (χ0) is 29.1. The second-order valence-electron chi connectivity index (χ2n) is 11.8. The molecular formula is C30H42FN7O3. The monoisotopic (exact) mass is 567 g/mol. The molecule has 0 radical (unpaired) electrons. The molecule has 10 nitrogen and oxygen atoms in total. The number of piperidine rings is 1. The molecule has 4 unspecified atom stereocenters. The quantitative estimate of drug-likeness (QED) is 0.360. The van der Waals surface area contributed by atoms with E-state index in [1.54, 1.807) is 31.2 Å². The fourth-order valence-electron chi connectivity index (χ4n) is 6.72. The van der Waals surface area contributed by atoms with E-state index in [-0.39, 0.29) is 42.2 Å². The number of aromatic nitrogens is 1. The molecule has 1 saturated carbocycles. The van der Waals surface area contributed by atoms with Crippen LogP contribution >= 0.6 is 0 Å². The molecule has 3 aliphatic rings. The number of aryl methyl sites for hydroxylation is 1. The van der Waals surface area contributed by atoms with Crippen molar-refractivity contribution in [1.29, 1.82) is 0 Å². The fraction of sp³-hybridized carbons (Fsp3) is 0.567. The summed E-state index contributed by atoms with van der Waals surface area (Å²) in [6.07, 6.45) is 5.59. The number of fused-ring (bicyclic) bond motifs is 1. The second-order valence-corrected chi connectivity index (χ2v) is 11.8. The van der Waals surface area contributed by atoms with Crippen LogP contribution in [-0.2, 0) is 16.1 Å². The van der Waals surface area contributed by atoms with E-state index in [1.807, 2.05) is 24.1 Å². The van der Waals surface area contributed by atoms with E-state index in [4.69, 9.17) is 4.74 Å². The molecule has 4 N–H and O–H groups in total. The van der Waals surface area contributed by atoms with E-state index in [0.29, 0.717) is 42.7 Å². The van der Waals surface area contributed by atoms with Gasteiger partial charge in [0, 0.05) is 62.6 Å². The minimum Gasteiger partial charge on any atom is -0.496 e. The number of benzene rings is 1. The number of hydrazine groups is 2. The van der Waals surface area contributed by atoms with Gasteiger partial charge < -0.3 is 10.1 Å². The summed E-state index contributed by atoms with van der Waals surface area (Å²) in [6.45, 7) is 2.63. The average Bonchev–Trinajstić information content (AvgIpc) is 3.37. The molecule has 1 aliphatic carbocycles. The number of hydrogen-bond acceptors (Lipinski definition) is 8. The van der Waals surface area contributed by atoms with Crippen molar-refractivity contribution in [3.8, 4) is 5.75 Å². The molecule has 0 spiro atoms. The maximum atomic E-state index is 14.9. The molecule has 2 aromatic rings. The van der Waals surface area contributed by atoms with Crippen molar-refractivity contribution < 1.29 is 18.7 Å². The van der Waals surface area contributed by atoms with E-state index in [1.165, 1.54) is 18.7 Å². The van der Waals surface area contributed by atoms with E-state index in [2.05, 4.69) is 32.6 Å². The second kappa shape index (κ2) is 12.8. The molecule has 3 fully saturated rings. The Balaban J connectivity index is 1.26. The molecule has 6 atom stereocenters. The van der Waals surface area contributed by atoms with Crippen molar-refractivity contribution >= 4 is 11.8 Å². The fourth-order valence-corrected chi connectivity index (χ4v) is 6.72. The van der Waals surface area contributed by atoms with Gasteiger partial charge in [-0.3, -0.25) is 30.3 Å². The molecule has 2 amide bonds. The van der Waals surface area contributed by atoms with Gasteiger partial charge >= 0.3 is 0 Å². The van der Waals surface area contributed by atoms with Crippen molar-refractivity contribution in [3.63, 3.8) is 0 Å². The Morgan fingerprint density at radius 2 is 1.98 bits per heavy atom. The molecule has 222 valence electrons. The van der Waals surface area contributed by atoms with Crippen LogP contribution in [-0.4, -0.2) is 72.6 Å². The average molecular weight is 568 g/mol. The number of amides is 2. The summed E-state index contributed by atoms with van der Waals surface area (Å²) in [6, 6.07) is 8.75. The minimum absolute atomic E-state index is 0.0598. The number of rotatable bonds is 8. The van der Waals surface area contributed by atoms with Crippen LogP contribution in [0, 0.1) is 24.6 Å². The molecule has 0 bridgehead atoms. The van der Waals surface area contributed by atoms with Crippen LogP contribution in [0.4, 0.5) is 4.39 Å². The Morgan fingerprint density at radius 3 is 2.73 bits per heavy atom. The molecule has 1 aromatic carbocycles. The molecule has 2 saturated heterocycles. The van der Waals surface area contributed by atoms with Gasteiger partial charge in [0.15, 0.2) is 0 Å².